The van der Waals surface area contributed by atoms with Crippen molar-refractivity contribution >= 4 is 5.91 Å². The van der Waals surface area contributed by atoms with Gasteiger partial charge in [0.15, 0.2) is 0 Å². The van der Waals surface area contributed by atoms with Crippen LogP contribution in [0.3, 0.4) is 0 Å². The van der Waals surface area contributed by atoms with E-state index in [1.165, 1.54) is 11.0 Å². The van der Waals surface area contributed by atoms with E-state index in [4.69, 9.17) is 5.26 Å². The van der Waals surface area contributed by atoms with Crippen molar-refractivity contribution in [1.29, 1.82) is 5.26 Å². The van der Waals surface area contributed by atoms with Crippen LogP contribution >= 0.6 is 0 Å². The Balaban J connectivity index is 1.72. The van der Waals surface area contributed by atoms with Crippen LogP contribution in [-0.2, 0) is 0 Å². The number of amides is 1. The Hall–Kier alpha value is -2.72. The second kappa shape index (κ2) is 6.58. The van der Waals surface area contributed by atoms with Crippen LogP contribution in [0, 0.1) is 17.2 Å². The lowest BCUT2D eigenvalue weighted by Gasteiger charge is -2.19. The lowest BCUT2D eigenvalue weighted by Crippen LogP contribution is -2.33. The highest BCUT2D eigenvalue weighted by atomic mass is 16.2. The highest BCUT2D eigenvalue weighted by Gasteiger charge is 2.22. The zero-order chi connectivity index (χ0) is 16.2. The SMILES string of the molecule is CN(C[C@H]1CCNC1)C(=O)c1ncn(-c2cccc(C#N)c2)n1. The Kier molecular flexibility index (Phi) is 4.35. The van der Waals surface area contributed by atoms with E-state index in [1.807, 2.05) is 6.07 Å². The Morgan fingerprint density at radius 2 is 2.43 bits per heavy atom. The van der Waals surface area contributed by atoms with E-state index in [9.17, 15) is 4.79 Å². The number of hydrogen-bond acceptors (Lipinski definition) is 5. The summed E-state index contributed by atoms with van der Waals surface area (Å²) in [6.07, 6.45) is 2.58. The molecule has 1 saturated heterocycles. The van der Waals surface area contributed by atoms with Gasteiger partial charge in [0, 0.05) is 13.6 Å². The van der Waals surface area contributed by atoms with E-state index in [-0.39, 0.29) is 11.7 Å². The minimum atomic E-state index is -0.188. The van der Waals surface area contributed by atoms with E-state index in [0.29, 0.717) is 23.7 Å². The van der Waals surface area contributed by atoms with Crippen molar-refractivity contribution in [2.75, 3.05) is 26.7 Å². The topological polar surface area (TPSA) is 86.8 Å². The molecule has 7 nitrogen and oxygen atoms in total. The Morgan fingerprint density at radius 3 is 3.17 bits per heavy atom. The number of rotatable bonds is 4. The van der Waals surface area contributed by atoms with Gasteiger partial charge in [0.25, 0.3) is 5.91 Å². The van der Waals surface area contributed by atoms with Gasteiger partial charge < -0.3 is 10.2 Å². The smallest absolute Gasteiger partial charge is 0.293 e. The van der Waals surface area contributed by atoms with Gasteiger partial charge in [0.1, 0.15) is 6.33 Å². The number of carbonyl (C=O) groups excluding carboxylic acids is 1. The van der Waals surface area contributed by atoms with Crippen LogP contribution < -0.4 is 5.32 Å². The normalized spacial score (nSPS) is 17.0. The summed E-state index contributed by atoms with van der Waals surface area (Å²) >= 11 is 0. The molecular formula is C16H18N6O. The molecule has 1 aliphatic heterocycles. The van der Waals surface area contributed by atoms with Gasteiger partial charge in [0.2, 0.25) is 5.82 Å². The maximum Gasteiger partial charge on any atom is 0.293 e. The first-order valence-corrected chi connectivity index (χ1v) is 7.56. The van der Waals surface area contributed by atoms with Gasteiger partial charge in [-0.2, -0.15) is 5.26 Å². The summed E-state index contributed by atoms with van der Waals surface area (Å²) in [7, 11) is 1.78. The van der Waals surface area contributed by atoms with E-state index in [1.54, 1.807) is 30.1 Å². The average Bonchev–Trinajstić information content (AvgIpc) is 3.25. The number of nitrogens with zero attached hydrogens (tertiary/aromatic N) is 5. The number of carbonyl (C=O) groups is 1. The van der Waals surface area contributed by atoms with Crippen molar-refractivity contribution < 1.29 is 4.79 Å². The van der Waals surface area contributed by atoms with Gasteiger partial charge in [0.05, 0.1) is 17.3 Å². The highest BCUT2D eigenvalue weighted by Crippen LogP contribution is 2.12. The summed E-state index contributed by atoms with van der Waals surface area (Å²) in [6, 6.07) is 9.10. The first kappa shape index (κ1) is 15.2. The molecule has 1 aromatic carbocycles. The Bertz CT molecular complexity index is 741. The summed E-state index contributed by atoms with van der Waals surface area (Å²) in [6.45, 7) is 2.65. The molecule has 0 radical (unpaired) electrons. The van der Waals surface area contributed by atoms with E-state index in [2.05, 4.69) is 21.5 Å². The maximum atomic E-state index is 12.4. The minimum Gasteiger partial charge on any atom is -0.339 e. The fourth-order valence-corrected chi connectivity index (χ4v) is 2.71. The zero-order valence-corrected chi connectivity index (χ0v) is 12.9. The second-order valence-corrected chi connectivity index (χ2v) is 5.72. The summed E-state index contributed by atoms with van der Waals surface area (Å²) in [4.78, 5) is 18.2. The fourth-order valence-electron chi connectivity index (χ4n) is 2.71. The number of nitriles is 1. The largest absolute Gasteiger partial charge is 0.339 e. The predicted octanol–water partition coefficient (Wildman–Crippen LogP) is 0.820. The highest BCUT2D eigenvalue weighted by molar-refractivity contribution is 5.90. The van der Waals surface area contributed by atoms with Crippen molar-refractivity contribution in [3.8, 4) is 11.8 Å². The van der Waals surface area contributed by atoms with Crippen molar-refractivity contribution in [1.82, 2.24) is 25.0 Å². The summed E-state index contributed by atoms with van der Waals surface area (Å²) in [5.74, 6) is 0.464. The third-order valence-electron chi connectivity index (χ3n) is 3.96. The first-order valence-electron chi connectivity index (χ1n) is 7.56. The van der Waals surface area contributed by atoms with Crippen LogP contribution in [0.4, 0.5) is 0 Å². The molecule has 23 heavy (non-hydrogen) atoms. The lowest BCUT2D eigenvalue weighted by atomic mass is 10.1. The van der Waals surface area contributed by atoms with E-state index >= 15 is 0 Å². The molecule has 0 aliphatic carbocycles. The maximum absolute atomic E-state index is 12.4. The van der Waals surface area contributed by atoms with Crippen molar-refractivity contribution in [3.63, 3.8) is 0 Å². The lowest BCUT2D eigenvalue weighted by molar-refractivity contribution is 0.0764. The standard InChI is InChI=1S/C16H18N6O/c1-21(10-13-5-6-18-9-13)16(23)15-19-11-22(20-15)14-4-2-3-12(7-14)8-17/h2-4,7,11,13,18H,5-6,9-10H2,1H3/t13-/m0/s1. The van der Waals surface area contributed by atoms with Crippen molar-refractivity contribution in [2.24, 2.45) is 5.92 Å². The molecule has 3 rings (SSSR count). The Morgan fingerprint density at radius 1 is 1.57 bits per heavy atom. The molecule has 118 valence electrons. The van der Waals surface area contributed by atoms with E-state index < -0.39 is 0 Å². The second-order valence-electron chi connectivity index (χ2n) is 5.72. The van der Waals surface area contributed by atoms with Crippen molar-refractivity contribution in [2.45, 2.75) is 6.42 Å². The Labute approximate surface area is 134 Å². The monoisotopic (exact) mass is 310 g/mol. The summed E-state index contributed by atoms with van der Waals surface area (Å²) < 4.78 is 1.51. The molecule has 1 fully saturated rings. The van der Waals surface area contributed by atoms with Crippen LogP contribution in [-0.4, -0.2) is 52.3 Å². The molecule has 7 heteroatoms. The molecule has 0 saturated carbocycles. The number of hydrogen-bond donors (Lipinski definition) is 1. The molecule has 1 N–H and O–H groups in total. The molecular weight excluding hydrogens is 292 g/mol. The zero-order valence-electron chi connectivity index (χ0n) is 12.9. The summed E-state index contributed by atoms with van der Waals surface area (Å²) in [5, 5.41) is 16.5. The van der Waals surface area contributed by atoms with Crippen LogP contribution in [0.2, 0.25) is 0 Å². The van der Waals surface area contributed by atoms with Crippen LogP contribution in [0.25, 0.3) is 5.69 Å². The third kappa shape index (κ3) is 3.38. The van der Waals surface area contributed by atoms with E-state index in [0.717, 1.165) is 19.5 Å². The molecule has 1 aliphatic rings. The fraction of sp³-hybridized carbons (Fsp3) is 0.375. The van der Waals surface area contributed by atoms with Gasteiger partial charge in [-0.1, -0.05) is 6.07 Å². The van der Waals surface area contributed by atoms with Gasteiger partial charge in [-0.15, -0.1) is 5.10 Å². The molecule has 1 amide bonds. The molecule has 1 atom stereocenters. The van der Waals surface area contributed by atoms with Crippen LogP contribution in [0.5, 0.6) is 0 Å². The third-order valence-corrected chi connectivity index (χ3v) is 3.96. The number of aromatic nitrogens is 3. The number of nitrogens with one attached hydrogen (secondary N) is 1. The average molecular weight is 310 g/mol. The first-order chi connectivity index (χ1) is 11.2. The van der Waals surface area contributed by atoms with Gasteiger partial charge in [-0.25, -0.2) is 9.67 Å². The molecule has 0 bridgehead atoms. The molecule has 2 aromatic rings. The van der Waals surface area contributed by atoms with Crippen molar-refractivity contribution in [3.05, 3.63) is 42.0 Å². The molecule has 0 spiro atoms. The minimum absolute atomic E-state index is 0.167. The van der Waals surface area contributed by atoms with Crippen LogP contribution in [0.1, 0.15) is 22.6 Å². The van der Waals surface area contributed by atoms with Gasteiger partial charge >= 0.3 is 0 Å². The molecule has 0 unspecified atom stereocenters. The summed E-state index contributed by atoms with van der Waals surface area (Å²) in [5.41, 5.74) is 1.25. The number of benzene rings is 1. The van der Waals surface area contributed by atoms with Gasteiger partial charge in [-0.05, 0) is 43.6 Å². The molecule has 2 heterocycles. The quantitative estimate of drug-likeness (QED) is 0.903. The molecule has 1 aromatic heterocycles. The van der Waals surface area contributed by atoms with Gasteiger partial charge in [-0.3, -0.25) is 4.79 Å². The van der Waals surface area contributed by atoms with Crippen LogP contribution in [0.15, 0.2) is 30.6 Å². The predicted molar refractivity (Wildman–Crippen MR) is 84.0 cm³/mol.